The summed E-state index contributed by atoms with van der Waals surface area (Å²) in [4.78, 5) is 5.39. The van der Waals surface area contributed by atoms with Crippen LogP contribution < -0.4 is 0 Å². The van der Waals surface area contributed by atoms with E-state index in [1.54, 1.807) is 18.3 Å². The zero-order valence-electron chi connectivity index (χ0n) is 7.96. The van der Waals surface area contributed by atoms with E-state index in [1.165, 1.54) is 0 Å². The van der Waals surface area contributed by atoms with Gasteiger partial charge in [0, 0.05) is 5.92 Å². The number of hydrogen-bond acceptors (Lipinski definition) is 3. The molecule has 1 rings (SSSR count). The van der Waals surface area contributed by atoms with Crippen molar-refractivity contribution >= 4 is 11.3 Å². The highest BCUT2D eigenvalue weighted by Crippen LogP contribution is 2.28. The SMILES string of the molecule is Cc1nc(C(C)C)sc1[C@H](C)O. The summed E-state index contributed by atoms with van der Waals surface area (Å²) in [6.45, 7) is 7.96. The third-order valence-electron chi connectivity index (χ3n) is 1.72. The topological polar surface area (TPSA) is 33.1 Å². The summed E-state index contributed by atoms with van der Waals surface area (Å²) in [6, 6.07) is 0. The fourth-order valence-electron chi connectivity index (χ4n) is 1.06. The molecule has 0 spiro atoms. The minimum Gasteiger partial charge on any atom is -0.388 e. The van der Waals surface area contributed by atoms with Crippen LogP contribution in [0.25, 0.3) is 0 Å². The molecule has 3 heteroatoms. The number of aliphatic hydroxyl groups is 1. The van der Waals surface area contributed by atoms with Gasteiger partial charge in [-0.3, -0.25) is 0 Å². The van der Waals surface area contributed by atoms with Gasteiger partial charge in [-0.15, -0.1) is 11.3 Å². The van der Waals surface area contributed by atoms with Gasteiger partial charge in [-0.2, -0.15) is 0 Å². The van der Waals surface area contributed by atoms with Crippen molar-refractivity contribution in [2.45, 2.75) is 39.7 Å². The van der Waals surface area contributed by atoms with Crippen molar-refractivity contribution in [3.63, 3.8) is 0 Å². The lowest BCUT2D eigenvalue weighted by molar-refractivity contribution is 0.202. The first-order chi connectivity index (χ1) is 5.52. The third-order valence-corrected chi connectivity index (χ3v) is 3.35. The molecule has 0 fully saturated rings. The minimum absolute atomic E-state index is 0.380. The highest BCUT2D eigenvalue weighted by Gasteiger charge is 2.13. The molecule has 12 heavy (non-hydrogen) atoms. The van der Waals surface area contributed by atoms with Crippen molar-refractivity contribution < 1.29 is 5.11 Å². The molecule has 0 aliphatic rings. The zero-order chi connectivity index (χ0) is 9.30. The zero-order valence-corrected chi connectivity index (χ0v) is 8.77. The lowest BCUT2D eigenvalue weighted by Crippen LogP contribution is -1.89. The number of aromatic nitrogens is 1. The number of aryl methyl sites for hydroxylation is 1. The maximum atomic E-state index is 9.37. The van der Waals surface area contributed by atoms with E-state index in [9.17, 15) is 5.11 Å². The molecule has 0 aliphatic carbocycles. The first-order valence-corrected chi connectivity index (χ1v) is 4.99. The molecule has 0 saturated heterocycles. The van der Waals surface area contributed by atoms with Crippen LogP contribution in [0.15, 0.2) is 0 Å². The smallest absolute Gasteiger partial charge is 0.0957 e. The lowest BCUT2D eigenvalue weighted by Gasteiger charge is -1.99. The van der Waals surface area contributed by atoms with Gasteiger partial charge in [-0.05, 0) is 13.8 Å². The maximum Gasteiger partial charge on any atom is 0.0957 e. The van der Waals surface area contributed by atoms with Crippen LogP contribution in [0, 0.1) is 6.92 Å². The molecule has 1 N–H and O–H groups in total. The van der Waals surface area contributed by atoms with Crippen molar-refractivity contribution in [1.82, 2.24) is 4.98 Å². The Labute approximate surface area is 77.3 Å². The minimum atomic E-state index is -0.380. The summed E-state index contributed by atoms with van der Waals surface area (Å²) < 4.78 is 0. The monoisotopic (exact) mass is 185 g/mol. The average molecular weight is 185 g/mol. The number of thiazole rings is 1. The van der Waals surface area contributed by atoms with Crippen LogP contribution in [0.3, 0.4) is 0 Å². The molecule has 1 aromatic heterocycles. The molecule has 68 valence electrons. The molecule has 2 nitrogen and oxygen atoms in total. The van der Waals surface area contributed by atoms with Gasteiger partial charge in [0.15, 0.2) is 0 Å². The second kappa shape index (κ2) is 3.54. The second-order valence-corrected chi connectivity index (χ2v) is 4.39. The standard InChI is InChI=1S/C9H15NOS/c1-5(2)9-10-6(3)8(12-9)7(4)11/h5,7,11H,1-4H3/t7-/m0/s1. The van der Waals surface area contributed by atoms with E-state index in [0.717, 1.165) is 15.6 Å². The molecule has 0 saturated carbocycles. The van der Waals surface area contributed by atoms with E-state index in [0.29, 0.717) is 5.92 Å². The predicted octanol–water partition coefficient (Wildman–Crippen LogP) is 2.63. The molecule has 0 aromatic carbocycles. The number of nitrogens with zero attached hydrogens (tertiary/aromatic N) is 1. The van der Waals surface area contributed by atoms with Crippen LogP contribution in [0.1, 0.15) is 48.4 Å². The van der Waals surface area contributed by atoms with Crippen molar-refractivity contribution in [1.29, 1.82) is 0 Å². The van der Waals surface area contributed by atoms with Crippen LogP contribution in [0.5, 0.6) is 0 Å². The molecular weight excluding hydrogens is 170 g/mol. The van der Waals surface area contributed by atoms with Crippen LogP contribution >= 0.6 is 11.3 Å². The maximum absolute atomic E-state index is 9.37. The van der Waals surface area contributed by atoms with Crippen LogP contribution in [-0.4, -0.2) is 10.1 Å². The Morgan fingerprint density at radius 1 is 1.33 bits per heavy atom. The highest BCUT2D eigenvalue weighted by molar-refractivity contribution is 7.11. The van der Waals surface area contributed by atoms with Crippen molar-refractivity contribution in [2.24, 2.45) is 0 Å². The van der Waals surface area contributed by atoms with Gasteiger partial charge < -0.3 is 5.11 Å². The molecule has 0 amide bonds. The Morgan fingerprint density at radius 3 is 2.17 bits per heavy atom. The van der Waals surface area contributed by atoms with Gasteiger partial charge in [0.2, 0.25) is 0 Å². The molecular formula is C9H15NOS. The summed E-state index contributed by atoms with van der Waals surface area (Å²) in [5.41, 5.74) is 0.971. The van der Waals surface area contributed by atoms with Crippen molar-refractivity contribution in [2.75, 3.05) is 0 Å². The summed E-state index contributed by atoms with van der Waals surface area (Å²) in [5.74, 6) is 0.459. The Morgan fingerprint density at radius 2 is 1.92 bits per heavy atom. The van der Waals surface area contributed by atoms with E-state index < -0.39 is 0 Å². The number of hydrogen-bond donors (Lipinski definition) is 1. The normalized spacial score (nSPS) is 13.8. The summed E-state index contributed by atoms with van der Waals surface area (Å²) >= 11 is 1.61. The van der Waals surface area contributed by atoms with E-state index >= 15 is 0 Å². The number of aliphatic hydroxyl groups excluding tert-OH is 1. The van der Waals surface area contributed by atoms with E-state index in [2.05, 4.69) is 18.8 Å². The van der Waals surface area contributed by atoms with Crippen molar-refractivity contribution in [3.05, 3.63) is 15.6 Å². The van der Waals surface area contributed by atoms with Crippen LogP contribution in [0.4, 0.5) is 0 Å². The predicted molar refractivity (Wildman–Crippen MR) is 51.6 cm³/mol. The van der Waals surface area contributed by atoms with E-state index in [-0.39, 0.29) is 6.10 Å². The van der Waals surface area contributed by atoms with E-state index in [4.69, 9.17) is 0 Å². The fraction of sp³-hybridized carbons (Fsp3) is 0.667. The molecule has 1 aromatic rings. The van der Waals surface area contributed by atoms with Gasteiger partial charge in [-0.1, -0.05) is 13.8 Å². The second-order valence-electron chi connectivity index (χ2n) is 3.33. The van der Waals surface area contributed by atoms with Gasteiger partial charge in [0.25, 0.3) is 0 Å². The first kappa shape index (κ1) is 9.68. The first-order valence-electron chi connectivity index (χ1n) is 4.17. The fourth-order valence-corrected chi connectivity index (χ4v) is 2.07. The molecule has 0 aliphatic heterocycles. The molecule has 0 radical (unpaired) electrons. The average Bonchev–Trinajstić information content (AvgIpc) is 2.30. The van der Waals surface area contributed by atoms with Crippen LogP contribution in [0.2, 0.25) is 0 Å². The lowest BCUT2D eigenvalue weighted by atomic mass is 10.2. The molecule has 1 atom stereocenters. The Hall–Kier alpha value is -0.410. The quantitative estimate of drug-likeness (QED) is 0.768. The van der Waals surface area contributed by atoms with Gasteiger partial charge in [0.1, 0.15) is 0 Å². The van der Waals surface area contributed by atoms with E-state index in [1.807, 2.05) is 6.92 Å². The van der Waals surface area contributed by atoms with Crippen LogP contribution in [-0.2, 0) is 0 Å². The Balaban J connectivity index is 3.00. The summed E-state index contributed by atoms with van der Waals surface area (Å²) in [5, 5.41) is 10.5. The molecule has 0 bridgehead atoms. The largest absolute Gasteiger partial charge is 0.388 e. The van der Waals surface area contributed by atoms with Gasteiger partial charge in [-0.25, -0.2) is 4.98 Å². The van der Waals surface area contributed by atoms with Crippen molar-refractivity contribution in [3.8, 4) is 0 Å². The number of rotatable bonds is 2. The summed E-state index contributed by atoms with van der Waals surface area (Å²) in [6.07, 6.45) is -0.380. The van der Waals surface area contributed by atoms with Gasteiger partial charge >= 0.3 is 0 Å². The van der Waals surface area contributed by atoms with Gasteiger partial charge in [0.05, 0.1) is 21.7 Å². The third kappa shape index (κ3) is 1.84. The molecule has 1 heterocycles. The Kier molecular flexibility index (Phi) is 2.85. The summed E-state index contributed by atoms with van der Waals surface area (Å²) in [7, 11) is 0. The Bertz CT molecular complexity index is 265. The highest BCUT2D eigenvalue weighted by atomic mass is 32.1. The molecule has 0 unspecified atom stereocenters.